The number of carbonyl (C=O) groups excluding carboxylic acids is 1. The monoisotopic (exact) mass is 389 g/mol. The highest BCUT2D eigenvalue weighted by Crippen LogP contribution is 2.19. The summed E-state index contributed by atoms with van der Waals surface area (Å²) in [7, 11) is 0. The molecule has 1 saturated carbocycles. The van der Waals surface area contributed by atoms with Crippen molar-refractivity contribution >= 4 is 17.7 Å². The molecule has 0 spiro atoms. The van der Waals surface area contributed by atoms with Gasteiger partial charge in [-0.05, 0) is 30.5 Å². The van der Waals surface area contributed by atoms with Gasteiger partial charge < -0.3 is 10.3 Å². The molecular weight excluding hydrogens is 365 g/mol. The molecular formula is C20H24FN3O2S. The van der Waals surface area contributed by atoms with Crippen LogP contribution in [0.4, 0.5) is 4.39 Å². The van der Waals surface area contributed by atoms with Crippen LogP contribution in [0.1, 0.15) is 49.8 Å². The second-order valence-electron chi connectivity index (χ2n) is 6.89. The Kier molecular flexibility index (Phi) is 7.04. The van der Waals surface area contributed by atoms with E-state index in [1.807, 2.05) is 0 Å². The van der Waals surface area contributed by atoms with Gasteiger partial charge in [0.05, 0.1) is 12.1 Å². The van der Waals surface area contributed by atoms with Crippen LogP contribution in [0.25, 0.3) is 0 Å². The van der Waals surface area contributed by atoms with Gasteiger partial charge in [-0.2, -0.15) is 0 Å². The number of hydrogen-bond acceptors (Lipinski definition) is 4. The number of thioether (sulfide) groups is 1. The lowest BCUT2D eigenvalue weighted by molar-refractivity contribution is -0.121. The molecule has 7 heteroatoms. The number of carbonyl (C=O) groups is 1. The van der Waals surface area contributed by atoms with Crippen molar-refractivity contribution in [1.82, 2.24) is 15.3 Å². The predicted octanol–water partition coefficient (Wildman–Crippen LogP) is 3.58. The van der Waals surface area contributed by atoms with Crippen LogP contribution in [0.2, 0.25) is 0 Å². The molecule has 1 heterocycles. The first-order valence-corrected chi connectivity index (χ1v) is 10.3. The second-order valence-corrected chi connectivity index (χ2v) is 7.85. The van der Waals surface area contributed by atoms with Crippen molar-refractivity contribution in [3.8, 4) is 0 Å². The van der Waals surface area contributed by atoms with E-state index in [1.165, 1.54) is 42.8 Å². The smallest absolute Gasteiger partial charge is 0.251 e. The summed E-state index contributed by atoms with van der Waals surface area (Å²) in [5, 5.41) is 3.54. The van der Waals surface area contributed by atoms with Gasteiger partial charge >= 0.3 is 0 Å². The molecule has 1 aromatic carbocycles. The number of aromatic nitrogens is 2. The van der Waals surface area contributed by atoms with E-state index in [-0.39, 0.29) is 29.7 Å². The second kappa shape index (κ2) is 9.69. The first-order valence-electron chi connectivity index (χ1n) is 9.35. The molecule has 0 saturated heterocycles. The van der Waals surface area contributed by atoms with Gasteiger partial charge in [0.1, 0.15) is 5.82 Å². The summed E-state index contributed by atoms with van der Waals surface area (Å²) >= 11 is 1.35. The highest BCUT2D eigenvalue weighted by Gasteiger charge is 2.15. The van der Waals surface area contributed by atoms with Crippen LogP contribution < -0.4 is 10.9 Å². The van der Waals surface area contributed by atoms with Gasteiger partial charge in [0, 0.05) is 17.9 Å². The van der Waals surface area contributed by atoms with Crippen molar-refractivity contribution in [1.29, 1.82) is 0 Å². The molecule has 27 heavy (non-hydrogen) atoms. The van der Waals surface area contributed by atoms with E-state index >= 15 is 0 Å². The minimum Gasteiger partial charge on any atom is -0.353 e. The fourth-order valence-electron chi connectivity index (χ4n) is 3.24. The Bertz CT molecular complexity index is 815. The van der Waals surface area contributed by atoms with Crippen LogP contribution in [0, 0.1) is 5.82 Å². The van der Waals surface area contributed by atoms with Crippen LogP contribution in [0.15, 0.2) is 40.3 Å². The summed E-state index contributed by atoms with van der Waals surface area (Å²) in [6, 6.07) is 7.80. The maximum absolute atomic E-state index is 13.0. The Morgan fingerprint density at radius 2 is 1.89 bits per heavy atom. The predicted molar refractivity (Wildman–Crippen MR) is 104 cm³/mol. The van der Waals surface area contributed by atoms with E-state index in [0.717, 1.165) is 31.2 Å². The quantitative estimate of drug-likeness (QED) is 0.450. The number of benzene rings is 1. The number of halogens is 1. The Morgan fingerprint density at radius 3 is 2.59 bits per heavy atom. The van der Waals surface area contributed by atoms with Gasteiger partial charge in [-0.15, -0.1) is 0 Å². The van der Waals surface area contributed by atoms with Gasteiger partial charge in [0.15, 0.2) is 5.16 Å². The molecule has 2 aromatic rings. The summed E-state index contributed by atoms with van der Waals surface area (Å²) < 4.78 is 13.0. The molecule has 1 aromatic heterocycles. The number of nitrogens with one attached hydrogen (secondary N) is 2. The Labute approximate surface area is 162 Å². The molecule has 1 amide bonds. The SMILES string of the molecule is O=C(Cc1cc(=O)[nH]c(SCc2ccc(F)cc2)n1)NC1CCCCCC1. The van der Waals surface area contributed by atoms with Crippen molar-refractivity contribution in [2.45, 2.75) is 61.9 Å². The summed E-state index contributed by atoms with van der Waals surface area (Å²) in [5.41, 5.74) is 1.12. The van der Waals surface area contributed by atoms with Crippen molar-refractivity contribution in [2.24, 2.45) is 0 Å². The Morgan fingerprint density at radius 1 is 1.19 bits per heavy atom. The molecule has 3 rings (SSSR count). The third kappa shape index (κ3) is 6.50. The lowest BCUT2D eigenvalue weighted by atomic mass is 10.1. The highest BCUT2D eigenvalue weighted by atomic mass is 32.2. The zero-order valence-corrected chi connectivity index (χ0v) is 16.0. The van der Waals surface area contributed by atoms with E-state index < -0.39 is 0 Å². The third-order valence-corrected chi connectivity index (χ3v) is 5.57. The third-order valence-electron chi connectivity index (χ3n) is 4.62. The Balaban J connectivity index is 1.58. The summed E-state index contributed by atoms with van der Waals surface area (Å²) in [4.78, 5) is 31.3. The van der Waals surface area contributed by atoms with Crippen molar-refractivity contribution in [2.75, 3.05) is 0 Å². The maximum atomic E-state index is 13.0. The molecule has 144 valence electrons. The fraction of sp³-hybridized carbons (Fsp3) is 0.450. The first-order chi connectivity index (χ1) is 13.1. The van der Waals surface area contributed by atoms with Gasteiger partial charge in [-0.25, -0.2) is 9.37 Å². The van der Waals surface area contributed by atoms with Crippen LogP contribution in [0.5, 0.6) is 0 Å². The van der Waals surface area contributed by atoms with Crippen LogP contribution in [0.3, 0.4) is 0 Å². The number of hydrogen-bond donors (Lipinski definition) is 2. The standard InChI is InChI=1S/C20H24FN3O2S/c21-15-9-7-14(8-10-15)13-27-20-23-17(12-19(26)24-20)11-18(25)22-16-5-3-1-2-4-6-16/h7-10,12,16H,1-6,11,13H2,(H,22,25)(H,23,24,26). The van der Waals surface area contributed by atoms with E-state index in [4.69, 9.17) is 0 Å². The number of nitrogens with zero attached hydrogens (tertiary/aromatic N) is 1. The zero-order chi connectivity index (χ0) is 19.1. The maximum Gasteiger partial charge on any atom is 0.251 e. The van der Waals surface area contributed by atoms with E-state index in [9.17, 15) is 14.0 Å². The summed E-state index contributed by atoms with van der Waals surface area (Å²) in [6.45, 7) is 0. The van der Waals surface area contributed by atoms with E-state index in [0.29, 0.717) is 16.6 Å². The molecule has 1 fully saturated rings. The number of amides is 1. The molecule has 1 aliphatic rings. The van der Waals surface area contributed by atoms with Crippen LogP contribution >= 0.6 is 11.8 Å². The molecule has 0 aliphatic heterocycles. The minimum absolute atomic E-state index is 0.0884. The molecule has 1 aliphatic carbocycles. The first kappa shape index (κ1) is 19.6. The largest absolute Gasteiger partial charge is 0.353 e. The summed E-state index contributed by atoms with van der Waals surface area (Å²) in [5.74, 6) is 0.187. The Hall–Kier alpha value is -2.15. The minimum atomic E-state index is -0.281. The van der Waals surface area contributed by atoms with Crippen molar-refractivity contribution in [3.05, 3.63) is 57.8 Å². The molecule has 0 atom stereocenters. The lowest BCUT2D eigenvalue weighted by Gasteiger charge is -2.16. The number of rotatable bonds is 6. The average molecular weight is 389 g/mol. The molecule has 0 bridgehead atoms. The van der Waals surface area contributed by atoms with Crippen LogP contribution in [-0.4, -0.2) is 21.9 Å². The number of H-pyrrole nitrogens is 1. The van der Waals surface area contributed by atoms with E-state index in [2.05, 4.69) is 15.3 Å². The highest BCUT2D eigenvalue weighted by molar-refractivity contribution is 7.98. The van der Waals surface area contributed by atoms with Gasteiger partial charge in [-0.1, -0.05) is 49.6 Å². The van der Waals surface area contributed by atoms with Crippen molar-refractivity contribution < 1.29 is 9.18 Å². The average Bonchev–Trinajstić information content (AvgIpc) is 2.89. The molecule has 0 unspecified atom stereocenters. The van der Waals surface area contributed by atoms with Gasteiger partial charge in [0.25, 0.3) is 5.56 Å². The fourth-order valence-corrected chi connectivity index (χ4v) is 4.09. The molecule has 2 N–H and O–H groups in total. The molecule has 0 radical (unpaired) electrons. The topological polar surface area (TPSA) is 74.8 Å². The number of aromatic amines is 1. The van der Waals surface area contributed by atoms with E-state index in [1.54, 1.807) is 12.1 Å². The lowest BCUT2D eigenvalue weighted by Crippen LogP contribution is -2.35. The van der Waals surface area contributed by atoms with Crippen molar-refractivity contribution in [3.63, 3.8) is 0 Å². The normalized spacial score (nSPS) is 15.3. The van der Waals surface area contributed by atoms with Gasteiger partial charge in [0.2, 0.25) is 5.91 Å². The summed E-state index contributed by atoms with van der Waals surface area (Å²) in [6.07, 6.45) is 6.91. The van der Waals surface area contributed by atoms with Gasteiger partial charge in [-0.3, -0.25) is 9.59 Å². The van der Waals surface area contributed by atoms with Crippen LogP contribution in [-0.2, 0) is 17.0 Å². The zero-order valence-electron chi connectivity index (χ0n) is 15.2. The molecule has 5 nitrogen and oxygen atoms in total.